The predicted octanol–water partition coefficient (Wildman–Crippen LogP) is 4.69. The fourth-order valence-electron chi connectivity index (χ4n) is 1.69. The minimum absolute atomic E-state index is 0.270. The molecule has 0 aliphatic carbocycles. The van der Waals surface area contributed by atoms with Gasteiger partial charge in [-0.1, -0.05) is 12.1 Å². The highest BCUT2D eigenvalue weighted by atomic mass is 79.9. The molecule has 2 aromatic rings. The van der Waals surface area contributed by atoms with Crippen molar-refractivity contribution in [1.29, 1.82) is 0 Å². The van der Waals surface area contributed by atoms with E-state index in [1.54, 1.807) is 0 Å². The number of ether oxygens (including phenoxy) is 1. The smallest absolute Gasteiger partial charge is 0.406 e. The van der Waals surface area contributed by atoms with Gasteiger partial charge >= 0.3 is 6.36 Å². The number of thiophene rings is 1. The molecule has 0 fully saturated rings. The van der Waals surface area contributed by atoms with Gasteiger partial charge in [0.15, 0.2) is 0 Å². The molecule has 20 heavy (non-hydrogen) atoms. The minimum Gasteiger partial charge on any atom is -0.406 e. The molecular weight excluding hydrogens is 357 g/mol. The van der Waals surface area contributed by atoms with Gasteiger partial charge in [-0.15, -0.1) is 24.5 Å². The maximum absolute atomic E-state index is 12.0. The summed E-state index contributed by atoms with van der Waals surface area (Å²) in [4.78, 5) is 0.792. The molecule has 1 unspecified atom stereocenters. The summed E-state index contributed by atoms with van der Waals surface area (Å²) in [6.07, 6.45) is -5.06. The molecule has 0 bridgehead atoms. The summed E-state index contributed by atoms with van der Waals surface area (Å²) in [5, 5.41) is 11.9. The second-order valence-electron chi connectivity index (χ2n) is 4.04. The fourth-order valence-corrected chi connectivity index (χ4v) is 3.31. The zero-order valence-corrected chi connectivity index (χ0v) is 12.4. The first kappa shape index (κ1) is 15.3. The van der Waals surface area contributed by atoms with Crippen molar-refractivity contribution in [3.05, 3.63) is 50.6 Å². The molecule has 0 amide bonds. The maximum Gasteiger partial charge on any atom is 0.573 e. The number of hydrogen-bond acceptors (Lipinski definition) is 3. The van der Waals surface area contributed by atoms with Crippen LogP contribution in [0.5, 0.6) is 5.75 Å². The lowest BCUT2D eigenvalue weighted by Gasteiger charge is -2.11. The van der Waals surface area contributed by atoms with Gasteiger partial charge in [0.1, 0.15) is 5.75 Å². The van der Waals surface area contributed by atoms with E-state index in [1.165, 1.54) is 35.6 Å². The van der Waals surface area contributed by atoms with Crippen LogP contribution in [-0.2, 0) is 6.42 Å². The lowest BCUT2D eigenvalue weighted by atomic mass is 10.1. The quantitative estimate of drug-likeness (QED) is 0.850. The Morgan fingerprint density at radius 2 is 1.85 bits per heavy atom. The zero-order valence-electron chi connectivity index (χ0n) is 10.0. The van der Waals surface area contributed by atoms with E-state index in [0.717, 1.165) is 14.9 Å². The first-order valence-corrected chi connectivity index (χ1v) is 7.28. The number of hydrogen-bond donors (Lipinski definition) is 1. The van der Waals surface area contributed by atoms with Crippen molar-refractivity contribution in [3.63, 3.8) is 0 Å². The van der Waals surface area contributed by atoms with Gasteiger partial charge in [-0.25, -0.2) is 0 Å². The van der Waals surface area contributed by atoms with E-state index in [1.807, 2.05) is 11.4 Å². The number of rotatable bonds is 4. The van der Waals surface area contributed by atoms with Crippen LogP contribution in [0.2, 0.25) is 0 Å². The zero-order chi connectivity index (χ0) is 14.8. The Hall–Kier alpha value is -1.05. The van der Waals surface area contributed by atoms with E-state index >= 15 is 0 Å². The molecule has 0 spiro atoms. The number of aliphatic hydroxyl groups excluding tert-OH is 1. The predicted molar refractivity (Wildman–Crippen MR) is 73.8 cm³/mol. The van der Waals surface area contributed by atoms with Gasteiger partial charge in [0.2, 0.25) is 0 Å². The molecule has 1 atom stereocenters. The van der Waals surface area contributed by atoms with Gasteiger partial charge in [0.05, 0.1) is 6.10 Å². The molecule has 0 aliphatic heterocycles. The summed E-state index contributed by atoms with van der Waals surface area (Å²) in [5.74, 6) is -0.270. The molecule has 0 saturated carbocycles. The topological polar surface area (TPSA) is 29.5 Å². The highest BCUT2D eigenvalue weighted by Gasteiger charge is 2.30. The first-order chi connectivity index (χ1) is 9.35. The Morgan fingerprint density at radius 3 is 2.35 bits per heavy atom. The van der Waals surface area contributed by atoms with E-state index in [0.29, 0.717) is 6.42 Å². The largest absolute Gasteiger partial charge is 0.573 e. The van der Waals surface area contributed by atoms with Crippen LogP contribution in [0.3, 0.4) is 0 Å². The van der Waals surface area contributed by atoms with Crippen molar-refractivity contribution in [3.8, 4) is 5.75 Å². The highest BCUT2D eigenvalue weighted by molar-refractivity contribution is 9.10. The van der Waals surface area contributed by atoms with Crippen molar-refractivity contribution in [2.45, 2.75) is 18.9 Å². The molecule has 7 heteroatoms. The third-order valence-electron chi connectivity index (χ3n) is 2.53. The average Bonchev–Trinajstić information content (AvgIpc) is 2.76. The molecule has 108 valence electrons. The van der Waals surface area contributed by atoms with Crippen molar-refractivity contribution in [2.24, 2.45) is 0 Å². The van der Waals surface area contributed by atoms with Crippen LogP contribution in [0.4, 0.5) is 13.2 Å². The Bertz CT molecular complexity index is 566. The summed E-state index contributed by atoms with van der Waals surface area (Å²) < 4.78 is 40.7. The van der Waals surface area contributed by atoms with Gasteiger partial charge in [-0.2, -0.15) is 0 Å². The number of alkyl halides is 3. The van der Waals surface area contributed by atoms with Crippen molar-refractivity contribution < 1.29 is 23.0 Å². The summed E-state index contributed by atoms with van der Waals surface area (Å²) >= 11 is 4.75. The van der Waals surface area contributed by atoms with Crippen molar-refractivity contribution >= 4 is 27.3 Å². The number of aliphatic hydroxyl groups is 1. The fraction of sp³-hybridized carbons (Fsp3) is 0.231. The van der Waals surface area contributed by atoms with Gasteiger partial charge in [-0.05, 0) is 45.1 Å². The van der Waals surface area contributed by atoms with Gasteiger partial charge in [0.25, 0.3) is 0 Å². The summed E-state index contributed by atoms with van der Waals surface area (Å²) in [7, 11) is 0. The van der Waals surface area contributed by atoms with E-state index in [9.17, 15) is 18.3 Å². The van der Waals surface area contributed by atoms with E-state index < -0.39 is 12.5 Å². The Balaban J connectivity index is 2.02. The highest BCUT2D eigenvalue weighted by Crippen LogP contribution is 2.31. The van der Waals surface area contributed by atoms with Gasteiger partial charge < -0.3 is 9.84 Å². The monoisotopic (exact) mass is 366 g/mol. The third kappa shape index (κ3) is 4.22. The molecule has 0 saturated heterocycles. The van der Waals surface area contributed by atoms with Crippen LogP contribution in [0.1, 0.15) is 16.5 Å². The second kappa shape index (κ2) is 6.15. The Kier molecular flexibility index (Phi) is 4.72. The minimum atomic E-state index is -4.69. The molecule has 1 aromatic heterocycles. The summed E-state index contributed by atoms with van der Waals surface area (Å²) in [6.45, 7) is 0. The van der Waals surface area contributed by atoms with E-state index in [-0.39, 0.29) is 5.75 Å². The van der Waals surface area contributed by atoms with Gasteiger partial charge in [-0.3, -0.25) is 0 Å². The Morgan fingerprint density at radius 1 is 1.20 bits per heavy atom. The molecular formula is C13H10BrF3O2S. The molecule has 1 heterocycles. The standard InChI is InChI=1S/C13H10BrF3O2S/c14-10-5-6-20-12(10)11(18)7-8-1-3-9(4-2-8)19-13(15,16)17/h1-6,11,18H,7H2. The Labute approximate surface area is 125 Å². The van der Waals surface area contributed by atoms with Crippen LogP contribution in [0.25, 0.3) is 0 Å². The maximum atomic E-state index is 12.0. The molecule has 0 radical (unpaired) electrons. The van der Waals surface area contributed by atoms with Crippen molar-refractivity contribution in [2.75, 3.05) is 0 Å². The number of halogens is 4. The molecule has 0 aliphatic rings. The van der Waals surface area contributed by atoms with Crippen LogP contribution in [0, 0.1) is 0 Å². The summed E-state index contributed by atoms with van der Waals surface area (Å²) in [5.41, 5.74) is 0.729. The van der Waals surface area contributed by atoms with Crippen LogP contribution < -0.4 is 4.74 Å². The van der Waals surface area contributed by atoms with Crippen molar-refractivity contribution in [1.82, 2.24) is 0 Å². The average molecular weight is 367 g/mol. The summed E-state index contributed by atoms with van der Waals surface area (Å²) in [6, 6.07) is 7.32. The third-order valence-corrected chi connectivity index (χ3v) is 4.51. The van der Waals surface area contributed by atoms with Crippen LogP contribution in [-0.4, -0.2) is 11.5 Å². The lowest BCUT2D eigenvalue weighted by molar-refractivity contribution is -0.274. The normalized spacial score (nSPS) is 13.2. The SMILES string of the molecule is OC(Cc1ccc(OC(F)(F)F)cc1)c1sccc1Br. The van der Waals surface area contributed by atoms with Crippen LogP contribution in [0.15, 0.2) is 40.2 Å². The lowest BCUT2D eigenvalue weighted by Crippen LogP contribution is -2.17. The number of benzene rings is 1. The first-order valence-electron chi connectivity index (χ1n) is 5.61. The molecule has 1 N–H and O–H groups in total. The van der Waals surface area contributed by atoms with E-state index in [2.05, 4.69) is 20.7 Å². The van der Waals surface area contributed by atoms with Crippen LogP contribution >= 0.6 is 27.3 Å². The van der Waals surface area contributed by atoms with Gasteiger partial charge in [0, 0.05) is 15.8 Å². The molecule has 2 rings (SSSR count). The van der Waals surface area contributed by atoms with E-state index in [4.69, 9.17) is 0 Å². The second-order valence-corrected chi connectivity index (χ2v) is 5.85. The molecule has 2 nitrogen and oxygen atoms in total. The molecule has 1 aromatic carbocycles.